The molecule has 0 aliphatic rings. The van der Waals surface area contributed by atoms with Gasteiger partial charge in [-0.2, -0.15) is 0 Å². The molecule has 1 heteroatoms. The van der Waals surface area contributed by atoms with E-state index in [2.05, 4.69) is 65.0 Å². The first-order valence-corrected chi connectivity index (χ1v) is 7.76. The highest BCUT2D eigenvalue weighted by atomic mass is 16.3. The van der Waals surface area contributed by atoms with Gasteiger partial charge in [0, 0.05) is 5.56 Å². The maximum Gasteiger partial charge on any atom is 0.126 e. The Kier molecular flexibility index (Phi) is 4.41. The molecule has 21 heavy (non-hydrogen) atoms. The van der Waals surface area contributed by atoms with E-state index >= 15 is 0 Å². The van der Waals surface area contributed by atoms with Crippen molar-refractivity contribution >= 4 is 0 Å². The molecule has 2 rings (SSSR count). The molecule has 0 aliphatic heterocycles. The maximum atomic E-state index is 10.7. The van der Waals surface area contributed by atoms with Crippen molar-refractivity contribution in [2.24, 2.45) is 0 Å². The predicted molar refractivity (Wildman–Crippen MR) is 91.2 cm³/mol. The van der Waals surface area contributed by atoms with Gasteiger partial charge in [0.05, 0.1) is 0 Å². The van der Waals surface area contributed by atoms with Crippen LogP contribution in [0.15, 0.2) is 30.3 Å². The third-order valence-corrected chi connectivity index (χ3v) is 4.07. The van der Waals surface area contributed by atoms with Gasteiger partial charge in [0.25, 0.3) is 0 Å². The highest BCUT2D eigenvalue weighted by Crippen LogP contribution is 2.43. The number of benzene rings is 2. The number of aromatic hydroxyl groups is 1. The Labute approximate surface area is 128 Å². The first kappa shape index (κ1) is 15.6. The van der Waals surface area contributed by atoms with Crippen LogP contribution < -0.4 is 0 Å². The lowest BCUT2D eigenvalue weighted by Gasteiger charge is -2.23. The molecule has 0 amide bonds. The van der Waals surface area contributed by atoms with Crippen LogP contribution in [-0.2, 0) is 0 Å². The zero-order valence-electron chi connectivity index (χ0n) is 14.0. The van der Waals surface area contributed by atoms with E-state index in [1.54, 1.807) is 0 Å². The minimum atomic E-state index is 0.379. The van der Waals surface area contributed by atoms with Crippen LogP contribution in [0.1, 0.15) is 61.8 Å². The Morgan fingerprint density at radius 2 is 1.57 bits per heavy atom. The van der Waals surface area contributed by atoms with Crippen LogP contribution in [0.25, 0.3) is 11.1 Å². The number of phenolic OH excluding ortho intramolecular Hbond substituents is 1. The fourth-order valence-corrected chi connectivity index (χ4v) is 3.04. The summed E-state index contributed by atoms with van der Waals surface area (Å²) in [5.74, 6) is 1.25. The summed E-state index contributed by atoms with van der Waals surface area (Å²) in [6.07, 6.45) is 0. The standard InChI is InChI=1S/C20H26O/c1-12(2)17-11-15(6)20(21)19(18(17)13(3)4)16-9-7-8-14(5)10-16/h7-13,21H,1-6H3. The van der Waals surface area contributed by atoms with Gasteiger partial charge in [-0.25, -0.2) is 0 Å². The van der Waals surface area contributed by atoms with E-state index in [4.69, 9.17) is 0 Å². The van der Waals surface area contributed by atoms with Gasteiger partial charge in [0.1, 0.15) is 5.75 Å². The van der Waals surface area contributed by atoms with Crippen molar-refractivity contribution in [3.05, 3.63) is 52.6 Å². The molecule has 0 saturated carbocycles. The van der Waals surface area contributed by atoms with Gasteiger partial charge < -0.3 is 5.11 Å². The number of hydrogen-bond donors (Lipinski definition) is 1. The molecule has 0 spiro atoms. The Bertz CT molecular complexity index is 651. The summed E-state index contributed by atoms with van der Waals surface area (Å²) >= 11 is 0. The molecule has 1 N–H and O–H groups in total. The number of hydrogen-bond acceptors (Lipinski definition) is 1. The molecule has 112 valence electrons. The van der Waals surface area contributed by atoms with Crippen LogP contribution in [0.3, 0.4) is 0 Å². The van der Waals surface area contributed by atoms with Gasteiger partial charge in [-0.05, 0) is 47.9 Å². The Morgan fingerprint density at radius 3 is 2.10 bits per heavy atom. The molecule has 0 radical (unpaired) electrons. The van der Waals surface area contributed by atoms with Crippen molar-refractivity contribution in [3.63, 3.8) is 0 Å². The van der Waals surface area contributed by atoms with Gasteiger partial charge in [-0.3, -0.25) is 0 Å². The zero-order valence-corrected chi connectivity index (χ0v) is 14.0. The Hall–Kier alpha value is -1.76. The summed E-state index contributed by atoms with van der Waals surface area (Å²) in [4.78, 5) is 0. The highest BCUT2D eigenvalue weighted by Gasteiger charge is 2.21. The van der Waals surface area contributed by atoms with Gasteiger partial charge in [-0.1, -0.05) is 63.6 Å². The second-order valence-electron chi connectivity index (χ2n) is 6.60. The van der Waals surface area contributed by atoms with E-state index < -0.39 is 0 Å². The number of rotatable bonds is 3. The van der Waals surface area contributed by atoms with Crippen LogP contribution in [-0.4, -0.2) is 5.11 Å². The van der Waals surface area contributed by atoms with Crippen molar-refractivity contribution in [2.75, 3.05) is 0 Å². The molecular formula is C20H26O. The van der Waals surface area contributed by atoms with Crippen molar-refractivity contribution in [2.45, 2.75) is 53.4 Å². The quantitative estimate of drug-likeness (QED) is 0.740. The highest BCUT2D eigenvalue weighted by molar-refractivity contribution is 5.78. The third-order valence-electron chi connectivity index (χ3n) is 4.07. The number of aryl methyl sites for hydroxylation is 2. The largest absolute Gasteiger partial charge is 0.507 e. The summed E-state index contributed by atoms with van der Waals surface area (Å²) in [5.41, 5.74) is 6.92. The molecule has 0 aromatic heterocycles. The molecule has 0 bridgehead atoms. The molecule has 0 heterocycles. The van der Waals surface area contributed by atoms with E-state index in [0.717, 1.165) is 16.7 Å². The molecule has 2 aromatic rings. The Balaban J connectivity index is 2.85. The molecule has 0 atom stereocenters. The molecule has 0 fully saturated rings. The molecule has 2 aromatic carbocycles. The van der Waals surface area contributed by atoms with Crippen molar-refractivity contribution in [1.82, 2.24) is 0 Å². The molecule has 0 saturated heterocycles. The van der Waals surface area contributed by atoms with Gasteiger partial charge in [0.2, 0.25) is 0 Å². The topological polar surface area (TPSA) is 20.2 Å². The summed E-state index contributed by atoms with van der Waals surface area (Å²) in [6, 6.07) is 10.6. The average Bonchev–Trinajstić information content (AvgIpc) is 2.40. The lowest BCUT2D eigenvalue weighted by Crippen LogP contribution is -2.03. The summed E-state index contributed by atoms with van der Waals surface area (Å²) in [7, 11) is 0. The minimum Gasteiger partial charge on any atom is -0.507 e. The van der Waals surface area contributed by atoms with E-state index in [0.29, 0.717) is 17.6 Å². The summed E-state index contributed by atoms with van der Waals surface area (Å²) in [5, 5.41) is 10.7. The lowest BCUT2D eigenvalue weighted by molar-refractivity contribution is 0.471. The Morgan fingerprint density at radius 1 is 0.905 bits per heavy atom. The van der Waals surface area contributed by atoms with Crippen molar-refractivity contribution in [3.8, 4) is 16.9 Å². The zero-order chi connectivity index (χ0) is 15.7. The van der Waals surface area contributed by atoms with E-state index in [9.17, 15) is 5.11 Å². The van der Waals surface area contributed by atoms with Crippen LogP contribution in [0, 0.1) is 13.8 Å². The summed E-state index contributed by atoms with van der Waals surface area (Å²) in [6.45, 7) is 12.9. The first-order valence-electron chi connectivity index (χ1n) is 7.76. The van der Waals surface area contributed by atoms with Crippen LogP contribution in [0.2, 0.25) is 0 Å². The maximum absolute atomic E-state index is 10.7. The fourth-order valence-electron chi connectivity index (χ4n) is 3.04. The average molecular weight is 282 g/mol. The van der Waals surface area contributed by atoms with Crippen molar-refractivity contribution < 1.29 is 5.11 Å². The van der Waals surface area contributed by atoms with Gasteiger partial charge in [-0.15, -0.1) is 0 Å². The molecule has 0 aliphatic carbocycles. The molecular weight excluding hydrogens is 256 g/mol. The second kappa shape index (κ2) is 5.93. The SMILES string of the molecule is Cc1cccc(-c2c(O)c(C)cc(C(C)C)c2C(C)C)c1. The molecule has 0 unspecified atom stereocenters. The van der Waals surface area contributed by atoms with Gasteiger partial charge in [0.15, 0.2) is 0 Å². The fraction of sp³-hybridized carbons (Fsp3) is 0.400. The molecule has 1 nitrogen and oxygen atoms in total. The third kappa shape index (κ3) is 2.97. The monoisotopic (exact) mass is 282 g/mol. The van der Waals surface area contributed by atoms with E-state index in [1.807, 2.05) is 6.92 Å². The van der Waals surface area contributed by atoms with Crippen LogP contribution in [0.5, 0.6) is 5.75 Å². The lowest BCUT2D eigenvalue weighted by atomic mass is 9.82. The van der Waals surface area contributed by atoms with Crippen molar-refractivity contribution in [1.29, 1.82) is 0 Å². The van der Waals surface area contributed by atoms with Gasteiger partial charge >= 0.3 is 0 Å². The predicted octanol–water partition coefficient (Wildman–Crippen LogP) is 5.92. The van der Waals surface area contributed by atoms with Crippen LogP contribution >= 0.6 is 0 Å². The smallest absolute Gasteiger partial charge is 0.126 e. The van der Waals surface area contributed by atoms with Crippen LogP contribution in [0.4, 0.5) is 0 Å². The second-order valence-corrected chi connectivity index (χ2v) is 6.60. The normalized spacial score (nSPS) is 11.4. The first-order chi connectivity index (χ1) is 9.82. The summed E-state index contributed by atoms with van der Waals surface area (Å²) < 4.78 is 0. The number of phenols is 1. The van der Waals surface area contributed by atoms with E-state index in [1.165, 1.54) is 16.7 Å². The van der Waals surface area contributed by atoms with E-state index in [-0.39, 0.29) is 0 Å². The minimum absolute atomic E-state index is 0.379.